The number of aromatic nitrogens is 2. The normalized spacial score (nSPS) is 11.3. The molecule has 0 aromatic carbocycles. The summed E-state index contributed by atoms with van der Waals surface area (Å²) in [6.45, 7) is -2.38. The third-order valence-corrected chi connectivity index (χ3v) is 1.98. The molecule has 0 atom stereocenters. The summed E-state index contributed by atoms with van der Waals surface area (Å²) < 4.78 is 25.4. The second-order valence-corrected chi connectivity index (χ2v) is 3.34. The van der Waals surface area contributed by atoms with E-state index in [0.29, 0.717) is 0 Å². The van der Waals surface area contributed by atoms with Gasteiger partial charge in [-0.15, -0.1) is 0 Å². The van der Waals surface area contributed by atoms with Crippen molar-refractivity contribution in [2.45, 2.75) is 5.92 Å². The zero-order valence-electron chi connectivity index (χ0n) is 8.23. The standard InChI is InChI=1S/C7H7ClF2N4O3/c8-5-4(14(16)17)6(13-3-12-5)11-1-7(9,10)2-15/h3,15H,1-2H2,(H,11,12,13). The lowest BCUT2D eigenvalue weighted by Crippen LogP contribution is -2.31. The molecule has 0 fully saturated rings. The molecule has 0 aliphatic heterocycles. The molecule has 1 rings (SSSR count). The molecule has 0 spiro atoms. The van der Waals surface area contributed by atoms with Gasteiger partial charge in [0.15, 0.2) is 0 Å². The van der Waals surface area contributed by atoms with E-state index in [2.05, 4.69) is 9.97 Å². The maximum Gasteiger partial charge on any atom is 0.348 e. The van der Waals surface area contributed by atoms with E-state index in [1.807, 2.05) is 5.32 Å². The molecule has 0 radical (unpaired) electrons. The zero-order chi connectivity index (χ0) is 13.1. The van der Waals surface area contributed by atoms with Crippen molar-refractivity contribution in [3.05, 3.63) is 21.6 Å². The molecule has 17 heavy (non-hydrogen) atoms. The number of rotatable bonds is 5. The molecule has 1 aromatic heterocycles. The van der Waals surface area contributed by atoms with E-state index in [0.717, 1.165) is 6.33 Å². The van der Waals surface area contributed by atoms with Crippen LogP contribution in [0.15, 0.2) is 6.33 Å². The Morgan fingerprint density at radius 3 is 2.76 bits per heavy atom. The number of aliphatic hydroxyl groups is 1. The molecule has 0 unspecified atom stereocenters. The highest BCUT2D eigenvalue weighted by Gasteiger charge is 2.30. The number of anilines is 1. The average molecular weight is 269 g/mol. The lowest BCUT2D eigenvalue weighted by Gasteiger charge is -2.14. The number of aliphatic hydroxyl groups excluding tert-OH is 1. The molecule has 0 amide bonds. The van der Waals surface area contributed by atoms with Gasteiger partial charge < -0.3 is 10.4 Å². The highest BCUT2D eigenvalue weighted by atomic mass is 35.5. The maximum atomic E-state index is 12.7. The first-order valence-electron chi connectivity index (χ1n) is 4.25. The average Bonchev–Trinajstić information content (AvgIpc) is 2.26. The number of halogens is 3. The molecule has 0 bridgehead atoms. The maximum absolute atomic E-state index is 12.7. The van der Waals surface area contributed by atoms with Crippen LogP contribution in [0.5, 0.6) is 0 Å². The van der Waals surface area contributed by atoms with Gasteiger partial charge >= 0.3 is 5.69 Å². The fourth-order valence-electron chi connectivity index (χ4n) is 0.917. The Hall–Kier alpha value is -1.61. The Morgan fingerprint density at radius 2 is 2.24 bits per heavy atom. The third-order valence-electron chi connectivity index (χ3n) is 1.71. The molecule has 0 saturated heterocycles. The molecule has 10 heteroatoms. The highest BCUT2D eigenvalue weighted by Crippen LogP contribution is 2.28. The number of nitro groups is 1. The molecule has 1 heterocycles. The summed E-state index contributed by atoms with van der Waals surface area (Å²) in [5, 5.41) is 20.5. The van der Waals surface area contributed by atoms with Crippen LogP contribution < -0.4 is 5.32 Å². The van der Waals surface area contributed by atoms with Crippen molar-refractivity contribution in [2.24, 2.45) is 0 Å². The van der Waals surface area contributed by atoms with E-state index in [-0.39, 0.29) is 0 Å². The first-order valence-corrected chi connectivity index (χ1v) is 4.62. The summed E-state index contributed by atoms with van der Waals surface area (Å²) in [4.78, 5) is 16.5. The third kappa shape index (κ3) is 3.43. The Labute approximate surface area is 98.6 Å². The van der Waals surface area contributed by atoms with Gasteiger partial charge in [-0.3, -0.25) is 10.1 Å². The summed E-state index contributed by atoms with van der Waals surface area (Å²) in [6, 6.07) is 0. The van der Waals surface area contributed by atoms with Gasteiger partial charge in [-0.1, -0.05) is 11.6 Å². The van der Waals surface area contributed by atoms with Gasteiger partial charge in [-0.25, -0.2) is 18.7 Å². The van der Waals surface area contributed by atoms with Crippen molar-refractivity contribution in [1.29, 1.82) is 0 Å². The number of hydrogen-bond donors (Lipinski definition) is 2. The van der Waals surface area contributed by atoms with Crippen LogP contribution in [-0.2, 0) is 0 Å². The fraction of sp³-hybridized carbons (Fsp3) is 0.429. The van der Waals surface area contributed by atoms with E-state index in [1.165, 1.54) is 0 Å². The molecule has 0 aliphatic rings. The van der Waals surface area contributed by atoms with Crippen LogP contribution in [0.4, 0.5) is 20.3 Å². The lowest BCUT2D eigenvalue weighted by atomic mass is 10.3. The van der Waals surface area contributed by atoms with Gasteiger partial charge in [-0.05, 0) is 0 Å². The Morgan fingerprint density at radius 1 is 1.59 bits per heavy atom. The van der Waals surface area contributed by atoms with Gasteiger partial charge in [0, 0.05) is 0 Å². The van der Waals surface area contributed by atoms with Crippen molar-refractivity contribution < 1.29 is 18.8 Å². The second-order valence-electron chi connectivity index (χ2n) is 2.99. The number of hydrogen-bond acceptors (Lipinski definition) is 6. The smallest absolute Gasteiger partial charge is 0.348 e. The molecule has 0 aliphatic carbocycles. The van der Waals surface area contributed by atoms with E-state index in [4.69, 9.17) is 16.7 Å². The van der Waals surface area contributed by atoms with Gasteiger partial charge in [-0.2, -0.15) is 0 Å². The topological polar surface area (TPSA) is 101 Å². The summed E-state index contributed by atoms with van der Waals surface area (Å²) in [5.74, 6) is -3.84. The van der Waals surface area contributed by atoms with E-state index >= 15 is 0 Å². The minimum absolute atomic E-state index is 0.428. The SMILES string of the molecule is O=[N+]([O-])c1c(Cl)ncnc1NCC(F)(F)CO. The molecule has 0 saturated carbocycles. The first kappa shape index (κ1) is 13.5. The van der Waals surface area contributed by atoms with Crippen LogP contribution in [0.3, 0.4) is 0 Å². The fourth-order valence-corrected chi connectivity index (χ4v) is 1.12. The number of nitrogens with one attached hydrogen (secondary N) is 1. The number of alkyl halides is 2. The van der Waals surface area contributed by atoms with E-state index in [9.17, 15) is 18.9 Å². The van der Waals surface area contributed by atoms with Crippen LogP contribution in [0.2, 0.25) is 5.15 Å². The van der Waals surface area contributed by atoms with Crippen molar-refractivity contribution in [2.75, 3.05) is 18.5 Å². The lowest BCUT2D eigenvalue weighted by molar-refractivity contribution is -0.384. The highest BCUT2D eigenvalue weighted by molar-refractivity contribution is 6.31. The molecular weight excluding hydrogens is 262 g/mol. The Balaban J connectivity index is 2.92. The van der Waals surface area contributed by atoms with E-state index in [1.54, 1.807) is 0 Å². The summed E-state index contributed by atoms with van der Waals surface area (Å²) in [7, 11) is 0. The molecule has 1 aromatic rings. The first-order chi connectivity index (χ1) is 7.87. The predicted octanol–water partition coefficient (Wildman–Crippen LogP) is 1.08. The van der Waals surface area contributed by atoms with Crippen LogP contribution >= 0.6 is 11.6 Å². The monoisotopic (exact) mass is 268 g/mol. The van der Waals surface area contributed by atoms with Crippen LogP contribution in [0.25, 0.3) is 0 Å². The van der Waals surface area contributed by atoms with Crippen LogP contribution in [-0.4, -0.2) is 39.1 Å². The predicted molar refractivity (Wildman–Crippen MR) is 54.2 cm³/mol. The number of nitrogens with zero attached hydrogens (tertiary/aromatic N) is 3. The summed E-state index contributed by atoms with van der Waals surface area (Å²) in [6.07, 6.45) is 0.898. The Bertz CT molecular complexity index is 432. The molecule has 7 nitrogen and oxygen atoms in total. The van der Waals surface area contributed by atoms with Crippen molar-refractivity contribution in [3.8, 4) is 0 Å². The van der Waals surface area contributed by atoms with Crippen molar-refractivity contribution in [1.82, 2.24) is 9.97 Å². The van der Waals surface area contributed by atoms with Crippen molar-refractivity contribution in [3.63, 3.8) is 0 Å². The van der Waals surface area contributed by atoms with Gasteiger partial charge in [0.1, 0.15) is 12.9 Å². The molecule has 94 valence electrons. The quantitative estimate of drug-likeness (QED) is 0.471. The minimum atomic E-state index is -3.41. The minimum Gasteiger partial charge on any atom is -0.390 e. The zero-order valence-corrected chi connectivity index (χ0v) is 8.99. The molecule has 2 N–H and O–H groups in total. The molecular formula is C7H7ClF2N4O3. The van der Waals surface area contributed by atoms with E-state index < -0.39 is 40.7 Å². The Kier molecular flexibility index (Phi) is 4.07. The summed E-state index contributed by atoms with van der Waals surface area (Å²) >= 11 is 5.44. The largest absolute Gasteiger partial charge is 0.390 e. The summed E-state index contributed by atoms with van der Waals surface area (Å²) in [5.41, 5.74) is -0.692. The van der Waals surface area contributed by atoms with Gasteiger partial charge in [0.05, 0.1) is 11.5 Å². The van der Waals surface area contributed by atoms with Crippen LogP contribution in [0, 0.1) is 10.1 Å². The van der Waals surface area contributed by atoms with Gasteiger partial charge in [0.2, 0.25) is 11.0 Å². The second kappa shape index (κ2) is 5.15. The van der Waals surface area contributed by atoms with Crippen molar-refractivity contribution >= 4 is 23.1 Å². The van der Waals surface area contributed by atoms with Crippen LogP contribution in [0.1, 0.15) is 0 Å². The van der Waals surface area contributed by atoms with Gasteiger partial charge in [0.25, 0.3) is 5.92 Å².